The predicted octanol–water partition coefficient (Wildman–Crippen LogP) is 2.31. The minimum atomic E-state index is -0.771. The van der Waals surface area contributed by atoms with Gasteiger partial charge in [-0.25, -0.2) is 9.48 Å². The van der Waals surface area contributed by atoms with Crippen LogP contribution in [0, 0.1) is 0 Å². The molecule has 4 rings (SSSR count). The maximum atomic E-state index is 12.1. The lowest BCUT2D eigenvalue weighted by Gasteiger charge is -2.07. The second kappa shape index (κ2) is 9.68. The number of nitrogens with two attached hydrogens (primary N) is 2. The molecule has 1 aliphatic carbocycles. The fraction of sp³-hybridized carbons (Fsp3) is 0.182. The van der Waals surface area contributed by atoms with Crippen LogP contribution in [-0.4, -0.2) is 41.1 Å². The van der Waals surface area contributed by atoms with E-state index in [-0.39, 0.29) is 17.3 Å². The molecule has 0 radical (unpaired) electrons. The summed E-state index contributed by atoms with van der Waals surface area (Å²) in [6.07, 6.45) is 4.18. The SMILES string of the molecule is CN.NC(=O)Nc1cn(-c2cccc(-c3ccc(C(=O)NC4CC4)cc3)c2)nc1C=O. The zero-order chi connectivity index (χ0) is 22.4. The van der Waals surface area contributed by atoms with Gasteiger partial charge in [0.1, 0.15) is 5.69 Å². The Morgan fingerprint density at radius 3 is 2.42 bits per heavy atom. The number of benzene rings is 2. The summed E-state index contributed by atoms with van der Waals surface area (Å²) >= 11 is 0. The Morgan fingerprint density at radius 2 is 1.81 bits per heavy atom. The molecule has 9 nitrogen and oxygen atoms in total. The Balaban J connectivity index is 0.00000132. The molecule has 31 heavy (non-hydrogen) atoms. The number of nitrogens with one attached hydrogen (secondary N) is 2. The minimum absolute atomic E-state index is 0.0554. The van der Waals surface area contributed by atoms with Gasteiger partial charge in [-0.1, -0.05) is 24.3 Å². The first-order valence-corrected chi connectivity index (χ1v) is 9.74. The molecule has 0 saturated heterocycles. The maximum Gasteiger partial charge on any atom is 0.316 e. The van der Waals surface area contributed by atoms with Crippen LogP contribution in [0.1, 0.15) is 33.7 Å². The Bertz CT molecular complexity index is 1090. The van der Waals surface area contributed by atoms with Crippen molar-refractivity contribution in [2.45, 2.75) is 18.9 Å². The lowest BCUT2D eigenvalue weighted by Crippen LogP contribution is -2.25. The third-order valence-corrected chi connectivity index (χ3v) is 4.62. The average Bonchev–Trinajstić information content (AvgIpc) is 3.52. The molecule has 9 heteroatoms. The number of nitrogens with zero attached hydrogens (tertiary/aromatic N) is 2. The molecule has 0 aliphatic heterocycles. The van der Waals surface area contributed by atoms with E-state index in [1.54, 1.807) is 12.1 Å². The van der Waals surface area contributed by atoms with Crippen LogP contribution in [-0.2, 0) is 0 Å². The highest BCUT2D eigenvalue weighted by Crippen LogP contribution is 2.24. The molecule has 0 spiro atoms. The third-order valence-electron chi connectivity index (χ3n) is 4.62. The fourth-order valence-corrected chi connectivity index (χ4v) is 2.97. The van der Waals surface area contributed by atoms with Crippen LogP contribution < -0.4 is 22.1 Å². The van der Waals surface area contributed by atoms with E-state index in [1.807, 2.05) is 36.4 Å². The number of carbonyl (C=O) groups is 3. The number of anilines is 1. The molecule has 3 aromatic rings. The Morgan fingerprint density at radius 1 is 1.10 bits per heavy atom. The number of carbonyl (C=O) groups excluding carboxylic acids is 3. The Hall–Kier alpha value is -3.98. The fourth-order valence-electron chi connectivity index (χ4n) is 2.97. The van der Waals surface area contributed by atoms with Gasteiger partial charge in [-0.2, -0.15) is 5.10 Å². The van der Waals surface area contributed by atoms with Gasteiger partial charge in [0.15, 0.2) is 6.29 Å². The number of amides is 3. The first-order chi connectivity index (χ1) is 15.0. The van der Waals surface area contributed by atoms with Crippen molar-refractivity contribution >= 4 is 23.9 Å². The molecule has 0 atom stereocenters. The molecule has 1 saturated carbocycles. The summed E-state index contributed by atoms with van der Waals surface area (Å²) in [6.45, 7) is 0. The van der Waals surface area contributed by atoms with E-state index in [0.717, 1.165) is 24.0 Å². The quantitative estimate of drug-likeness (QED) is 0.452. The van der Waals surface area contributed by atoms with Gasteiger partial charge < -0.3 is 22.1 Å². The zero-order valence-corrected chi connectivity index (χ0v) is 17.0. The van der Waals surface area contributed by atoms with Crippen LogP contribution in [0.5, 0.6) is 0 Å². The van der Waals surface area contributed by atoms with E-state index < -0.39 is 6.03 Å². The molecule has 6 N–H and O–H groups in total. The van der Waals surface area contributed by atoms with Gasteiger partial charge in [0, 0.05) is 11.6 Å². The van der Waals surface area contributed by atoms with Crippen molar-refractivity contribution in [3.63, 3.8) is 0 Å². The van der Waals surface area contributed by atoms with Gasteiger partial charge >= 0.3 is 6.03 Å². The van der Waals surface area contributed by atoms with Gasteiger partial charge in [-0.3, -0.25) is 9.59 Å². The van der Waals surface area contributed by atoms with Crippen LogP contribution >= 0.6 is 0 Å². The molecular weight excluding hydrogens is 396 g/mol. The number of urea groups is 1. The molecular formula is C22H24N6O3. The monoisotopic (exact) mass is 420 g/mol. The summed E-state index contributed by atoms with van der Waals surface area (Å²) in [5.74, 6) is -0.0554. The first-order valence-electron chi connectivity index (χ1n) is 9.74. The molecule has 160 valence electrons. The van der Waals surface area contributed by atoms with Gasteiger partial charge in [-0.15, -0.1) is 0 Å². The van der Waals surface area contributed by atoms with Crippen molar-refractivity contribution in [1.82, 2.24) is 15.1 Å². The molecule has 1 aliphatic rings. The summed E-state index contributed by atoms with van der Waals surface area (Å²) in [4.78, 5) is 34.4. The molecule has 0 bridgehead atoms. The zero-order valence-electron chi connectivity index (χ0n) is 17.0. The van der Waals surface area contributed by atoms with Crippen LogP contribution in [0.25, 0.3) is 16.8 Å². The van der Waals surface area contributed by atoms with E-state index in [0.29, 0.717) is 23.6 Å². The normalized spacial score (nSPS) is 12.3. The molecule has 2 aromatic carbocycles. The van der Waals surface area contributed by atoms with Gasteiger partial charge in [-0.05, 0) is 55.3 Å². The van der Waals surface area contributed by atoms with E-state index in [9.17, 15) is 14.4 Å². The van der Waals surface area contributed by atoms with E-state index in [2.05, 4.69) is 21.5 Å². The van der Waals surface area contributed by atoms with Crippen molar-refractivity contribution in [2.75, 3.05) is 12.4 Å². The van der Waals surface area contributed by atoms with E-state index in [4.69, 9.17) is 5.73 Å². The summed E-state index contributed by atoms with van der Waals surface area (Å²) in [5.41, 5.74) is 13.1. The molecule has 3 amide bonds. The number of rotatable bonds is 6. The van der Waals surface area contributed by atoms with Gasteiger partial charge in [0.2, 0.25) is 0 Å². The van der Waals surface area contributed by atoms with Crippen LogP contribution in [0.2, 0.25) is 0 Å². The Labute approximate surface area is 179 Å². The molecule has 1 fully saturated rings. The highest BCUT2D eigenvalue weighted by molar-refractivity contribution is 5.95. The lowest BCUT2D eigenvalue weighted by atomic mass is 10.0. The summed E-state index contributed by atoms with van der Waals surface area (Å²) in [5, 5.41) is 9.53. The largest absolute Gasteiger partial charge is 0.351 e. The number of aldehydes is 1. The van der Waals surface area contributed by atoms with Crippen LogP contribution in [0.3, 0.4) is 0 Å². The van der Waals surface area contributed by atoms with Crippen molar-refractivity contribution in [3.8, 4) is 16.8 Å². The molecule has 1 aromatic heterocycles. The van der Waals surface area contributed by atoms with Crippen molar-refractivity contribution in [3.05, 3.63) is 66.0 Å². The second-order valence-corrected chi connectivity index (χ2v) is 6.86. The highest BCUT2D eigenvalue weighted by Gasteiger charge is 2.23. The van der Waals surface area contributed by atoms with Gasteiger partial charge in [0.25, 0.3) is 5.91 Å². The van der Waals surface area contributed by atoms with Crippen molar-refractivity contribution < 1.29 is 14.4 Å². The summed E-state index contributed by atoms with van der Waals surface area (Å²) < 4.78 is 1.50. The van der Waals surface area contributed by atoms with E-state index >= 15 is 0 Å². The van der Waals surface area contributed by atoms with Gasteiger partial charge in [0.05, 0.1) is 17.6 Å². The summed E-state index contributed by atoms with van der Waals surface area (Å²) in [6, 6.07) is 14.5. The molecule has 0 unspecified atom stereocenters. The third kappa shape index (κ3) is 5.34. The van der Waals surface area contributed by atoms with Crippen LogP contribution in [0.15, 0.2) is 54.7 Å². The van der Waals surface area contributed by atoms with E-state index in [1.165, 1.54) is 17.9 Å². The second-order valence-electron chi connectivity index (χ2n) is 6.86. The smallest absolute Gasteiger partial charge is 0.316 e. The minimum Gasteiger partial charge on any atom is -0.351 e. The number of hydrogen-bond donors (Lipinski definition) is 4. The Kier molecular flexibility index (Phi) is 6.78. The molecule has 1 heterocycles. The highest BCUT2D eigenvalue weighted by atomic mass is 16.2. The van der Waals surface area contributed by atoms with Crippen LogP contribution in [0.4, 0.5) is 10.5 Å². The summed E-state index contributed by atoms with van der Waals surface area (Å²) in [7, 11) is 1.50. The number of primary amides is 1. The first kappa shape index (κ1) is 21.7. The number of aromatic nitrogens is 2. The maximum absolute atomic E-state index is 12.1. The standard InChI is InChI=1S/C21H19N5O3.CH5N/c22-21(29)24-18-11-26(25-19(18)12-27)17-3-1-2-15(10-17)13-4-6-14(7-5-13)20(28)23-16-8-9-16;1-2/h1-7,10-12,16H,8-9H2,(H,23,28)(H3,22,24,29);2H2,1H3. The lowest BCUT2D eigenvalue weighted by molar-refractivity contribution is 0.0950. The predicted molar refractivity (Wildman–Crippen MR) is 118 cm³/mol. The van der Waals surface area contributed by atoms with Crippen molar-refractivity contribution in [1.29, 1.82) is 0 Å². The number of hydrogen-bond acceptors (Lipinski definition) is 5. The topological polar surface area (TPSA) is 145 Å². The average molecular weight is 420 g/mol. The van der Waals surface area contributed by atoms with Crippen molar-refractivity contribution in [2.24, 2.45) is 11.5 Å².